The number of aryl methyl sites for hydroxylation is 1. The predicted octanol–water partition coefficient (Wildman–Crippen LogP) is 2.60. The molecule has 1 heterocycles. The minimum atomic E-state index is -1.18. The van der Waals surface area contributed by atoms with Crippen LogP contribution in [0.1, 0.15) is 24.8 Å². The van der Waals surface area contributed by atoms with Gasteiger partial charge in [-0.3, -0.25) is 9.59 Å². The second-order valence-corrected chi connectivity index (χ2v) is 5.56. The molecule has 4 nitrogen and oxygen atoms in total. The van der Waals surface area contributed by atoms with Gasteiger partial charge < -0.3 is 4.90 Å². The van der Waals surface area contributed by atoms with Gasteiger partial charge in [-0.2, -0.15) is 5.26 Å². The van der Waals surface area contributed by atoms with Gasteiger partial charge >= 0.3 is 0 Å². The Hall–Kier alpha value is -1.86. The van der Waals surface area contributed by atoms with E-state index in [1.807, 2.05) is 24.3 Å². The van der Waals surface area contributed by atoms with Crippen molar-refractivity contribution in [3.63, 3.8) is 0 Å². The minimum absolute atomic E-state index is 0.154. The van der Waals surface area contributed by atoms with Gasteiger partial charge in [0.1, 0.15) is 0 Å². The molecule has 110 valence electrons. The molecule has 1 aliphatic rings. The molecular formula is C16H17ClN2O2. The van der Waals surface area contributed by atoms with Gasteiger partial charge in [-0.15, -0.1) is 0 Å². The van der Waals surface area contributed by atoms with Crippen LogP contribution in [-0.2, 0) is 16.0 Å². The SMILES string of the molecule is N#C[C@H](C(=O)CCc1ccccc1Cl)C(=O)N1CCCC1. The highest BCUT2D eigenvalue weighted by molar-refractivity contribution is 6.31. The van der Waals surface area contributed by atoms with Crippen LogP contribution in [0.4, 0.5) is 0 Å². The summed E-state index contributed by atoms with van der Waals surface area (Å²) in [6, 6.07) is 9.14. The first-order valence-corrected chi connectivity index (χ1v) is 7.46. The van der Waals surface area contributed by atoms with Crippen LogP contribution in [-0.4, -0.2) is 29.7 Å². The molecule has 0 bridgehead atoms. The third kappa shape index (κ3) is 3.83. The van der Waals surface area contributed by atoms with Gasteiger partial charge in [0, 0.05) is 24.5 Å². The fraction of sp³-hybridized carbons (Fsp3) is 0.438. The number of Topliss-reactive ketones (excluding diaryl/α,β-unsaturated/α-hetero) is 1. The average molecular weight is 305 g/mol. The van der Waals surface area contributed by atoms with E-state index in [0.29, 0.717) is 24.5 Å². The maximum Gasteiger partial charge on any atom is 0.247 e. The monoisotopic (exact) mass is 304 g/mol. The van der Waals surface area contributed by atoms with Crippen LogP contribution in [0.3, 0.4) is 0 Å². The average Bonchev–Trinajstić information content (AvgIpc) is 3.01. The summed E-state index contributed by atoms with van der Waals surface area (Å²) in [5, 5.41) is 9.74. The van der Waals surface area contributed by atoms with Crippen LogP contribution in [0.5, 0.6) is 0 Å². The Kier molecular flexibility index (Phi) is 5.35. The maximum atomic E-state index is 12.2. The molecule has 1 amide bonds. The standard InChI is InChI=1S/C16H17ClN2O2/c17-14-6-2-1-5-12(14)7-8-15(20)13(11-18)16(21)19-9-3-4-10-19/h1-2,5-6,13H,3-4,7-10H2/t13-/m1/s1. The normalized spacial score (nSPS) is 15.5. The fourth-order valence-corrected chi connectivity index (χ4v) is 2.72. The Labute approximate surface area is 129 Å². The number of hydrogen-bond donors (Lipinski definition) is 0. The smallest absolute Gasteiger partial charge is 0.247 e. The van der Waals surface area contributed by atoms with Crippen LogP contribution < -0.4 is 0 Å². The van der Waals surface area contributed by atoms with Gasteiger partial charge in [0.25, 0.3) is 0 Å². The number of carbonyl (C=O) groups is 2. The highest BCUT2D eigenvalue weighted by Gasteiger charge is 2.31. The van der Waals surface area contributed by atoms with Crippen LogP contribution in [0.25, 0.3) is 0 Å². The number of likely N-dealkylation sites (tertiary alicyclic amines) is 1. The lowest BCUT2D eigenvalue weighted by Crippen LogP contribution is -2.37. The molecule has 21 heavy (non-hydrogen) atoms. The van der Waals surface area contributed by atoms with Gasteiger partial charge in [0.2, 0.25) is 5.91 Å². The maximum absolute atomic E-state index is 12.2. The molecule has 1 aromatic carbocycles. The Morgan fingerprint density at radius 2 is 1.95 bits per heavy atom. The Morgan fingerprint density at radius 1 is 1.29 bits per heavy atom. The van der Waals surface area contributed by atoms with Crippen LogP contribution in [0.2, 0.25) is 5.02 Å². The molecule has 0 radical (unpaired) electrons. The second kappa shape index (κ2) is 7.24. The van der Waals surface area contributed by atoms with E-state index in [1.54, 1.807) is 11.0 Å². The van der Waals surface area contributed by atoms with Crippen LogP contribution in [0, 0.1) is 17.2 Å². The van der Waals surface area contributed by atoms with E-state index in [2.05, 4.69) is 0 Å². The third-order valence-electron chi connectivity index (χ3n) is 3.71. The number of nitrogens with zero attached hydrogens (tertiary/aromatic N) is 2. The lowest BCUT2D eigenvalue weighted by Gasteiger charge is -2.18. The molecule has 0 aliphatic carbocycles. The van der Waals surface area contributed by atoms with E-state index < -0.39 is 5.92 Å². The number of nitriles is 1. The molecule has 1 atom stereocenters. The highest BCUT2D eigenvalue weighted by Crippen LogP contribution is 2.19. The van der Waals surface area contributed by atoms with Crippen LogP contribution >= 0.6 is 11.6 Å². The number of hydrogen-bond acceptors (Lipinski definition) is 3. The summed E-state index contributed by atoms with van der Waals surface area (Å²) in [5.41, 5.74) is 0.859. The number of rotatable bonds is 5. The van der Waals surface area contributed by atoms with E-state index in [0.717, 1.165) is 18.4 Å². The van der Waals surface area contributed by atoms with Gasteiger partial charge in [-0.25, -0.2) is 0 Å². The largest absolute Gasteiger partial charge is 0.341 e. The lowest BCUT2D eigenvalue weighted by molar-refractivity contribution is -0.138. The zero-order valence-electron chi connectivity index (χ0n) is 11.7. The fourth-order valence-electron chi connectivity index (χ4n) is 2.49. The van der Waals surface area contributed by atoms with Crippen molar-refractivity contribution in [3.8, 4) is 6.07 Å². The van der Waals surface area contributed by atoms with E-state index in [-0.39, 0.29) is 18.1 Å². The zero-order valence-corrected chi connectivity index (χ0v) is 12.5. The molecule has 0 aromatic heterocycles. The van der Waals surface area contributed by atoms with Crippen molar-refractivity contribution < 1.29 is 9.59 Å². The van der Waals surface area contributed by atoms with Crippen molar-refractivity contribution in [1.29, 1.82) is 5.26 Å². The molecule has 1 aliphatic heterocycles. The molecule has 5 heteroatoms. The number of amides is 1. The lowest BCUT2D eigenvalue weighted by atomic mass is 9.98. The molecule has 1 saturated heterocycles. The predicted molar refractivity (Wildman–Crippen MR) is 79.7 cm³/mol. The first-order valence-electron chi connectivity index (χ1n) is 7.08. The van der Waals surface area contributed by atoms with E-state index >= 15 is 0 Å². The Morgan fingerprint density at radius 3 is 2.57 bits per heavy atom. The van der Waals surface area contributed by atoms with Crippen molar-refractivity contribution in [2.24, 2.45) is 5.92 Å². The molecular weight excluding hydrogens is 288 g/mol. The first-order chi connectivity index (χ1) is 10.1. The number of carbonyl (C=O) groups excluding carboxylic acids is 2. The summed E-state index contributed by atoms with van der Waals surface area (Å²) >= 11 is 6.04. The molecule has 0 spiro atoms. The van der Waals surface area contributed by atoms with Gasteiger partial charge in [0.05, 0.1) is 6.07 Å². The number of halogens is 1. The number of benzene rings is 1. The summed E-state index contributed by atoms with van der Waals surface area (Å²) in [6.07, 6.45) is 2.49. The molecule has 0 saturated carbocycles. The second-order valence-electron chi connectivity index (χ2n) is 5.15. The minimum Gasteiger partial charge on any atom is -0.341 e. The summed E-state index contributed by atoms with van der Waals surface area (Å²) in [7, 11) is 0. The molecule has 0 N–H and O–H groups in total. The van der Waals surface area contributed by atoms with Crippen molar-refractivity contribution in [1.82, 2.24) is 4.90 Å². The summed E-state index contributed by atoms with van der Waals surface area (Å²) < 4.78 is 0. The molecule has 1 fully saturated rings. The molecule has 1 aromatic rings. The summed E-state index contributed by atoms with van der Waals surface area (Å²) in [5.74, 6) is -1.85. The summed E-state index contributed by atoms with van der Waals surface area (Å²) in [6.45, 7) is 1.30. The van der Waals surface area contributed by atoms with Gasteiger partial charge in [-0.1, -0.05) is 29.8 Å². The Bertz CT molecular complexity index is 574. The molecule has 2 rings (SSSR count). The van der Waals surface area contributed by atoms with E-state index in [9.17, 15) is 9.59 Å². The zero-order chi connectivity index (χ0) is 15.2. The van der Waals surface area contributed by atoms with Gasteiger partial charge in [-0.05, 0) is 30.9 Å². The van der Waals surface area contributed by atoms with Gasteiger partial charge in [0.15, 0.2) is 11.7 Å². The molecule has 0 unspecified atom stereocenters. The van der Waals surface area contributed by atoms with Crippen molar-refractivity contribution >= 4 is 23.3 Å². The summed E-state index contributed by atoms with van der Waals surface area (Å²) in [4.78, 5) is 25.9. The van der Waals surface area contributed by atoms with E-state index in [1.165, 1.54) is 0 Å². The Balaban J connectivity index is 1.96. The topological polar surface area (TPSA) is 61.2 Å². The van der Waals surface area contributed by atoms with Crippen molar-refractivity contribution in [2.75, 3.05) is 13.1 Å². The quantitative estimate of drug-likeness (QED) is 0.786. The third-order valence-corrected chi connectivity index (χ3v) is 4.08. The van der Waals surface area contributed by atoms with Crippen molar-refractivity contribution in [2.45, 2.75) is 25.7 Å². The number of ketones is 1. The van der Waals surface area contributed by atoms with E-state index in [4.69, 9.17) is 16.9 Å². The van der Waals surface area contributed by atoms with Crippen molar-refractivity contribution in [3.05, 3.63) is 34.9 Å². The first kappa shape index (κ1) is 15.5. The highest BCUT2D eigenvalue weighted by atomic mass is 35.5. The van der Waals surface area contributed by atoms with Crippen LogP contribution in [0.15, 0.2) is 24.3 Å².